The van der Waals surface area contributed by atoms with Gasteiger partial charge in [-0.2, -0.15) is 0 Å². The van der Waals surface area contributed by atoms with E-state index in [4.69, 9.17) is 0 Å². The molecule has 0 N–H and O–H groups in total. The number of unbranched alkanes of at least 4 members (excludes halogenated alkanes) is 2. The summed E-state index contributed by atoms with van der Waals surface area (Å²) in [6, 6.07) is 8.12. The third kappa shape index (κ3) is 4.07. The average molecular weight is 319 g/mol. The molecule has 1 amide bonds. The molecule has 1 aromatic carbocycles. The molecule has 118 valence electrons. The van der Waals surface area contributed by atoms with E-state index >= 15 is 0 Å². The van der Waals surface area contributed by atoms with E-state index in [1.54, 1.807) is 18.3 Å². The Bertz CT molecular complexity index is 650. The molecule has 1 aromatic heterocycles. The summed E-state index contributed by atoms with van der Waals surface area (Å²) in [5.41, 5.74) is 0.987. The second-order valence-corrected chi connectivity index (χ2v) is 6.09. The van der Waals surface area contributed by atoms with Gasteiger partial charge in [0.1, 0.15) is 0 Å². The minimum absolute atomic E-state index is 0.0523. The zero-order chi connectivity index (χ0) is 15.9. The molecule has 0 spiro atoms. The fourth-order valence-electron chi connectivity index (χ4n) is 2.44. The fourth-order valence-corrected chi connectivity index (χ4v) is 3.39. The first kappa shape index (κ1) is 16.5. The summed E-state index contributed by atoms with van der Waals surface area (Å²) in [6.45, 7) is 2.28. The Morgan fingerprint density at radius 2 is 1.95 bits per heavy atom. The monoisotopic (exact) mass is 319 g/mol. The molecule has 0 aliphatic heterocycles. The highest BCUT2D eigenvalue weighted by molar-refractivity contribution is 7.17. The molecule has 0 aliphatic carbocycles. The van der Waals surface area contributed by atoms with Crippen LogP contribution in [0.15, 0.2) is 29.6 Å². The normalized spacial score (nSPS) is 10.6. The minimum Gasteiger partial charge on any atom is -0.469 e. The highest BCUT2D eigenvalue weighted by Crippen LogP contribution is 2.33. The molecule has 0 bridgehead atoms. The molecule has 5 heteroatoms. The first-order chi connectivity index (χ1) is 10.6. The van der Waals surface area contributed by atoms with Crippen LogP contribution in [0.4, 0.5) is 5.69 Å². The highest BCUT2D eigenvalue weighted by atomic mass is 32.1. The van der Waals surface area contributed by atoms with Crippen LogP contribution in [0.1, 0.15) is 32.6 Å². The first-order valence-corrected chi connectivity index (χ1v) is 8.32. The van der Waals surface area contributed by atoms with Crippen LogP contribution in [0.2, 0.25) is 0 Å². The lowest BCUT2D eigenvalue weighted by atomic mass is 10.1. The summed E-state index contributed by atoms with van der Waals surface area (Å²) in [4.78, 5) is 24.9. The van der Waals surface area contributed by atoms with Gasteiger partial charge in [-0.05, 0) is 18.9 Å². The van der Waals surface area contributed by atoms with Crippen LogP contribution in [0, 0.1) is 0 Å². The predicted molar refractivity (Wildman–Crippen MR) is 90.3 cm³/mol. The van der Waals surface area contributed by atoms with E-state index in [1.807, 2.05) is 28.5 Å². The first-order valence-electron chi connectivity index (χ1n) is 7.44. The molecule has 0 radical (unpaired) electrons. The van der Waals surface area contributed by atoms with Crippen LogP contribution >= 0.6 is 11.3 Å². The zero-order valence-electron chi connectivity index (χ0n) is 13.0. The third-order valence-electron chi connectivity index (χ3n) is 3.62. The SMILES string of the molecule is COC(=O)CCCCCN(C(C)=O)c1csc2ccccc12. The maximum absolute atomic E-state index is 12.0. The molecular formula is C17H21NO3S. The van der Waals surface area contributed by atoms with Crippen LogP contribution in [0.25, 0.3) is 10.1 Å². The number of amides is 1. The lowest BCUT2D eigenvalue weighted by Gasteiger charge is -2.20. The Kier molecular flexibility index (Phi) is 5.95. The van der Waals surface area contributed by atoms with E-state index in [9.17, 15) is 9.59 Å². The van der Waals surface area contributed by atoms with Crippen LogP contribution in [0.3, 0.4) is 0 Å². The topological polar surface area (TPSA) is 46.6 Å². The van der Waals surface area contributed by atoms with Crippen molar-refractivity contribution in [3.63, 3.8) is 0 Å². The number of thiophene rings is 1. The summed E-state index contributed by atoms with van der Waals surface area (Å²) in [5.74, 6) is -0.122. The van der Waals surface area contributed by atoms with Gasteiger partial charge in [-0.1, -0.05) is 24.6 Å². The molecule has 22 heavy (non-hydrogen) atoms. The number of rotatable bonds is 7. The number of benzene rings is 1. The molecule has 4 nitrogen and oxygen atoms in total. The van der Waals surface area contributed by atoms with Crippen molar-refractivity contribution in [2.75, 3.05) is 18.6 Å². The lowest BCUT2D eigenvalue weighted by molar-refractivity contribution is -0.140. The van der Waals surface area contributed by atoms with Gasteiger partial charge < -0.3 is 9.64 Å². The quantitative estimate of drug-likeness (QED) is 0.572. The predicted octanol–water partition coefficient (Wildman–Crippen LogP) is 3.99. The van der Waals surface area contributed by atoms with Crippen molar-refractivity contribution in [1.82, 2.24) is 0 Å². The van der Waals surface area contributed by atoms with Gasteiger partial charge in [0.25, 0.3) is 0 Å². The molecule has 0 unspecified atom stereocenters. The number of methoxy groups -OCH3 is 1. The Morgan fingerprint density at radius 3 is 2.68 bits per heavy atom. The molecule has 2 rings (SSSR count). The second-order valence-electron chi connectivity index (χ2n) is 5.17. The van der Waals surface area contributed by atoms with Crippen molar-refractivity contribution < 1.29 is 14.3 Å². The Labute approximate surface area is 134 Å². The molecule has 0 atom stereocenters. The number of hydrogen-bond donors (Lipinski definition) is 0. The molecular weight excluding hydrogens is 298 g/mol. The summed E-state index contributed by atoms with van der Waals surface area (Å²) >= 11 is 1.66. The number of esters is 1. The highest BCUT2D eigenvalue weighted by Gasteiger charge is 2.15. The Balaban J connectivity index is 1.96. The Hall–Kier alpha value is -1.88. The van der Waals surface area contributed by atoms with Crippen molar-refractivity contribution in [1.29, 1.82) is 0 Å². The van der Waals surface area contributed by atoms with E-state index in [1.165, 1.54) is 11.8 Å². The van der Waals surface area contributed by atoms with E-state index in [2.05, 4.69) is 10.8 Å². The van der Waals surface area contributed by atoms with Gasteiger partial charge in [0.2, 0.25) is 5.91 Å². The van der Waals surface area contributed by atoms with Gasteiger partial charge in [0, 0.05) is 35.4 Å². The number of ether oxygens (including phenoxy) is 1. The maximum Gasteiger partial charge on any atom is 0.305 e. The number of nitrogens with zero attached hydrogens (tertiary/aromatic N) is 1. The number of carbonyl (C=O) groups is 2. The summed E-state index contributed by atoms with van der Waals surface area (Å²) < 4.78 is 5.81. The van der Waals surface area contributed by atoms with Gasteiger partial charge in [-0.15, -0.1) is 11.3 Å². The largest absolute Gasteiger partial charge is 0.469 e. The van der Waals surface area contributed by atoms with Crippen molar-refractivity contribution in [3.05, 3.63) is 29.6 Å². The molecule has 0 saturated carbocycles. The van der Waals surface area contributed by atoms with Crippen LogP contribution in [-0.4, -0.2) is 25.5 Å². The number of carbonyl (C=O) groups excluding carboxylic acids is 2. The maximum atomic E-state index is 12.0. The standard InChI is InChI=1S/C17H21NO3S/c1-13(19)18(11-7-3-4-10-17(20)21-2)15-12-22-16-9-6-5-8-14(15)16/h5-6,8-9,12H,3-4,7,10-11H2,1-2H3. The van der Waals surface area contributed by atoms with Crippen molar-refractivity contribution in [3.8, 4) is 0 Å². The van der Waals surface area contributed by atoms with E-state index in [0.717, 1.165) is 30.3 Å². The average Bonchev–Trinajstić information content (AvgIpc) is 2.94. The van der Waals surface area contributed by atoms with Crippen LogP contribution in [-0.2, 0) is 14.3 Å². The molecule has 0 saturated heterocycles. The Morgan fingerprint density at radius 1 is 1.18 bits per heavy atom. The van der Waals surface area contributed by atoms with E-state index < -0.39 is 0 Å². The minimum atomic E-state index is -0.174. The number of fused-ring (bicyclic) bond motifs is 1. The number of hydrogen-bond acceptors (Lipinski definition) is 4. The fraction of sp³-hybridized carbons (Fsp3) is 0.412. The van der Waals surface area contributed by atoms with Gasteiger partial charge >= 0.3 is 5.97 Å². The van der Waals surface area contributed by atoms with Crippen LogP contribution in [0.5, 0.6) is 0 Å². The lowest BCUT2D eigenvalue weighted by Crippen LogP contribution is -2.29. The summed E-state index contributed by atoms with van der Waals surface area (Å²) in [6.07, 6.45) is 3.02. The van der Waals surface area contributed by atoms with Crippen LogP contribution < -0.4 is 4.90 Å². The van der Waals surface area contributed by atoms with Crippen molar-refractivity contribution in [2.45, 2.75) is 32.6 Å². The van der Waals surface area contributed by atoms with Gasteiger partial charge in [-0.3, -0.25) is 9.59 Å². The summed E-state index contributed by atoms with van der Waals surface area (Å²) in [7, 11) is 1.40. The van der Waals surface area contributed by atoms with Crippen molar-refractivity contribution in [2.24, 2.45) is 0 Å². The smallest absolute Gasteiger partial charge is 0.305 e. The molecule has 0 fully saturated rings. The van der Waals surface area contributed by atoms with Gasteiger partial charge in [-0.25, -0.2) is 0 Å². The van der Waals surface area contributed by atoms with E-state index in [0.29, 0.717) is 13.0 Å². The second kappa shape index (κ2) is 7.94. The third-order valence-corrected chi connectivity index (χ3v) is 4.57. The van der Waals surface area contributed by atoms with Gasteiger partial charge in [0.05, 0.1) is 12.8 Å². The molecule has 1 heterocycles. The zero-order valence-corrected chi connectivity index (χ0v) is 13.8. The summed E-state index contributed by atoms with van der Waals surface area (Å²) in [5, 5.41) is 3.16. The van der Waals surface area contributed by atoms with E-state index in [-0.39, 0.29) is 11.9 Å². The molecule has 0 aliphatic rings. The number of anilines is 1. The van der Waals surface area contributed by atoms with Crippen molar-refractivity contribution >= 4 is 39.0 Å². The molecule has 2 aromatic rings. The van der Waals surface area contributed by atoms with Gasteiger partial charge in [0.15, 0.2) is 0 Å².